The average molecular weight is 450 g/mol. The van der Waals surface area contributed by atoms with Gasteiger partial charge in [0.2, 0.25) is 0 Å². The highest BCUT2D eigenvalue weighted by atomic mass is 32.1. The highest BCUT2D eigenvalue weighted by molar-refractivity contribution is 7.13. The molecule has 1 saturated heterocycles. The van der Waals surface area contributed by atoms with Gasteiger partial charge in [0.05, 0.1) is 5.92 Å². The molecule has 1 atom stereocenters. The fourth-order valence-electron chi connectivity index (χ4n) is 4.11. The van der Waals surface area contributed by atoms with E-state index in [1.54, 1.807) is 17.5 Å². The van der Waals surface area contributed by atoms with Gasteiger partial charge in [0.25, 0.3) is 0 Å². The van der Waals surface area contributed by atoms with Gasteiger partial charge in [-0.1, -0.05) is 51.1 Å². The van der Waals surface area contributed by atoms with Crippen molar-refractivity contribution in [1.29, 1.82) is 0 Å². The van der Waals surface area contributed by atoms with Crippen LogP contribution < -0.4 is 9.64 Å². The van der Waals surface area contributed by atoms with E-state index < -0.39 is 0 Å². The van der Waals surface area contributed by atoms with Crippen molar-refractivity contribution < 1.29 is 9.53 Å². The zero-order valence-electron chi connectivity index (χ0n) is 19.0. The number of likely N-dealkylation sites (N-methyl/N-ethyl adjacent to an activating group) is 1. The fourth-order valence-corrected chi connectivity index (χ4v) is 4.84. The number of pyridine rings is 1. The molecule has 0 N–H and O–H groups in total. The van der Waals surface area contributed by atoms with E-state index in [0.717, 1.165) is 38.4 Å². The van der Waals surface area contributed by atoms with Gasteiger partial charge in [-0.3, -0.25) is 9.69 Å². The maximum absolute atomic E-state index is 12.1. The fraction of sp³-hybridized carbons (Fsp3) is 0.385. The molecule has 32 heavy (non-hydrogen) atoms. The second-order valence-corrected chi connectivity index (χ2v) is 9.47. The first kappa shape index (κ1) is 22.5. The quantitative estimate of drug-likeness (QED) is 0.427. The van der Waals surface area contributed by atoms with E-state index in [-0.39, 0.29) is 11.9 Å². The maximum atomic E-state index is 12.1. The molecule has 3 aromatic rings. The van der Waals surface area contributed by atoms with Gasteiger partial charge in [-0.05, 0) is 47.7 Å². The van der Waals surface area contributed by atoms with E-state index in [1.165, 1.54) is 16.0 Å². The molecule has 0 saturated carbocycles. The number of carbonyl (C=O) groups excluding carboxylic acids is 1. The van der Waals surface area contributed by atoms with Gasteiger partial charge < -0.3 is 9.64 Å². The van der Waals surface area contributed by atoms with Crippen LogP contribution in [-0.4, -0.2) is 41.5 Å². The van der Waals surface area contributed by atoms with Crippen LogP contribution in [0.1, 0.15) is 32.8 Å². The summed E-state index contributed by atoms with van der Waals surface area (Å²) >= 11 is 1.77. The van der Waals surface area contributed by atoms with Crippen LogP contribution in [0.15, 0.2) is 60.1 Å². The predicted molar refractivity (Wildman–Crippen MR) is 131 cm³/mol. The summed E-state index contributed by atoms with van der Waals surface area (Å²) in [5.74, 6) is 0.923. The lowest BCUT2D eigenvalue weighted by Gasteiger charge is -2.28. The van der Waals surface area contributed by atoms with Gasteiger partial charge in [0.15, 0.2) is 11.6 Å². The van der Waals surface area contributed by atoms with Gasteiger partial charge in [-0.2, -0.15) is 0 Å². The normalized spacial score (nSPS) is 16.2. The molecular weight excluding hydrogens is 418 g/mol. The zero-order valence-corrected chi connectivity index (χ0v) is 19.8. The van der Waals surface area contributed by atoms with Gasteiger partial charge in [-0.25, -0.2) is 4.98 Å². The molecule has 0 radical (unpaired) electrons. The van der Waals surface area contributed by atoms with Gasteiger partial charge >= 0.3 is 5.97 Å². The number of rotatable bonds is 8. The molecule has 2 aromatic heterocycles. The Hall–Kier alpha value is -2.70. The van der Waals surface area contributed by atoms with Crippen LogP contribution in [-0.2, 0) is 11.3 Å². The Morgan fingerprint density at radius 3 is 2.72 bits per heavy atom. The number of hydrogen-bond acceptors (Lipinski definition) is 6. The Balaban J connectivity index is 1.42. The van der Waals surface area contributed by atoms with Crippen molar-refractivity contribution >= 4 is 23.1 Å². The largest absolute Gasteiger partial charge is 0.422 e. The monoisotopic (exact) mass is 449 g/mol. The number of aromatic nitrogens is 1. The summed E-state index contributed by atoms with van der Waals surface area (Å²) in [6.45, 7) is 9.61. The standard InChI is InChI=1S/C26H31N3O2S/c1-4-28(17-20-9-11-21(12-10-20)24-8-6-16-32-24)22-13-15-29(18-22)25-23(7-5-14-27-25)31-26(30)19(2)3/h5-12,14,16,19,22H,4,13,15,17-18H2,1-3H3/t22-/m1/s1. The topological polar surface area (TPSA) is 45.7 Å². The van der Waals surface area contributed by atoms with Gasteiger partial charge in [0.1, 0.15) is 0 Å². The molecule has 168 valence electrons. The summed E-state index contributed by atoms with van der Waals surface area (Å²) in [5.41, 5.74) is 2.60. The van der Waals surface area contributed by atoms with Crippen LogP contribution in [0.3, 0.4) is 0 Å². The second-order valence-electron chi connectivity index (χ2n) is 8.53. The predicted octanol–water partition coefficient (Wildman–Crippen LogP) is 5.47. The summed E-state index contributed by atoms with van der Waals surface area (Å²) < 4.78 is 5.62. The lowest BCUT2D eigenvalue weighted by atomic mass is 10.1. The molecular formula is C26H31N3O2S. The van der Waals surface area contributed by atoms with Crippen molar-refractivity contribution in [3.05, 3.63) is 65.7 Å². The number of ether oxygens (including phenoxy) is 1. The molecule has 0 amide bonds. The first-order valence-electron chi connectivity index (χ1n) is 11.3. The summed E-state index contributed by atoms with van der Waals surface area (Å²) in [5, 5.41) is 2.12. The SMILES string of the molecule is CCN(Cc1ccc(-c2cccs2)cc1)[C@@H]1CCN(c2ncccc2OC(=O)C(C)C)C1. The van der Waals surface area contributed by atoms with Crippen molar-refractivity contribution in [2.24, 2.45) is 5.92 Å². The van der Waals surface area contributed by atoms with Crippen molar-refractivity contribution in [3.63, 3.8) is 0 Å². The van der Waals surface area contributed by atoms with Gasteiger partial charge in [-0.15, -0.1) is 11.3 Å². The van der Waals surface area contributed by atoms with E-state index in [0.29, 0.717) is 11.8 Å². The highest BCUT2D eigenvalue weighted by Gasteiger charge is 2.30. The lowest BCUT2D eigenvalue weighted by molar-refractivity contribution is -0.137. The number of thiophene rings is 1. The second kappa shape index (κ2) is 10.3. The van der Waals surface area contributed by atoms with Crippen LogP contribution in [0.25, 0.3) is 10.4 Å². The van der Waals surface area contributed by atoms with Crippen molar-refractivity contribution in [2.45, 2.75) is 39.8 Å². The molecule has 3 heterocycles. The molecule has 1 aromatic carbocycles. The molecule has 1 fully saturated rings. The highest BCUT2D eigenvalue weighted by Crippen LogP contribution is 2.31. The van der Waals surface area contributed by atoms with Crippen molar-refractivity contribution in [2.75, 3.05) is 24.5 Å². The van der Waals surface area contributed by atoms with Crippen LogP contribution in [0, 0.1) is 5.92 Å². The van der Waals surface area contributed by atoms with Crippen LogP contribution in [0.5, 0.6) is 5.75 Å². The molecule has 5 nitrogen and oxygen atoms in total. The first-order valence-corrected chi connectivity index (χ1v) is 12.2. The van der Waals surface area contributed by atoms with Crippen LogP contribution in [0.2, 0.25) is 0 Å². The van der Waals surface area contributed by atoms with Gasteiger partial charge in [0, 0.05) is 36.8 Å². The summed E-state index contributed by atoms with van der Waals surface area (Å²) in [4.78, 5) is 22.7. The Morgan fingerprint density at radius 2 is 2.03 bits per heavy atom. The lowest BCUT2D eigenvalue weighted by Crippen LogP contribution is -2.37. The number of benzene rings is 1. The van der Waals surface area contributed by atoms with E-state index in [9.17, 15) is 4.79 Å². The van der Waals surface area contributed by atoms with Crippen LogP contribution >= 0.6 is 11.3 Å². The molecule has 4 rings (SSSR count). The smallest absolute Gasteiger partial charge is 0.313 e. The van der Waals surface area contributed by atoms with E-state index in [4.69, 9.17) is 4.74 Å². The van der Waals surface area contributed by atoms with Crippen molar-refractivity contribution in [3.8, 4) is 16.2 Å². The average Bonchev–Trinajstić information content (AvgIpc) is 3.51. The molecule has 1 aliphatic rings. The third-order valence-electron chi connectivity index (χ3n) is 5.96. The molecule has 0 spiro atoms. The number of nitrogens with zero attached hydrogens (tertiary/aromatic N) is 3. The van der Waals surface area contributed by atoms with E-state index >= 15 is 0 Å². The molecule has 0 aliphatic carbocycles. The third kappa shape index (κ3) is 5.19. The number of carbonyl (C=O) groups is 1. The van der Waals surface area contributed by atoms with E-state index in [1.807, 2.05) is 26.0 Å². The summed E-state index contributed by atoms with van der Waals surface area (Å²) in [7, 11) is 0. The Kier molecular flexibility index (Phi) is 7.22. The number of hydrogen-bond donors (Lipinski definition) is 0. The first-order chi connectivity index (χ1) is 15.5. The molecule has 0 unspecified atom stereocenters. The summed E-state index contributed by atoms with van der Waals surface area (Å²) in [6, 6.07) is 17.3. The Labute approximate surface area is 194 Å². The minimum absolute atomic E-state index is 0.170. The molecule has 1 aliphatic heterocycles. The number of anilines is 1. The molecule has 0 bridgehead atoms. The minimum Gasteiger partial charge on any atom is -0.422 e. The Morgan fingerprint density at radius 1 is 1.22 bits per heavy atom. The maximum Gasteiger partial charge on any atom is 0.313 e. The minimum atomic E-state index is -0.226. The van der Waals surface area contributed by atoms with Crippen molar-refractivity contribution in [1.82, 2.24) is 9.88 Å². The Bertz CT molecular complexity index is 1020. The third-order valence-corrected chi connectivity index (χ3v) is 6.88. The molecule has 6 heteroatoms. The summed E-state index contributed by atoms with van der Waals surface area (Å²) in [6.07, 6.45) is 2.83. The van der Waals surface area contributed by atoms with Crippen LogP contribution in [0.4, 0.5) is 5.82 Å². The zero-order chi connectivity index (χ0) is 22.5. The number of esters is 1. The van der Waals surface area contributed by atoms with E-state index in [2.05, 4.69) is 63.5 Å².